The molecule has 1 aromatic heterocycles. The van der Waals surface area contributed by atoms with Crippen LogP contribution in [0, 0.1) is 0 Å². The van der Waals surface area contributed by atoms with Gasteiger partial charge in [0, 0.05) is 25.0 Å². The van der Waals surface area contributed by atoms with E-state index in [0.29, 0.717) is 12.6 Å². The Morgan fingerprint density at radius 2 is 2.12 bits per heavy atom. The molecular formula is C11H21N3OS. The molecule has 0 amide bonds. The van der Waals surface area contributed by atoms with Gasteiger partial charge in [-0.1, -0.05) is 20.8 Å². The predicted molar refractivity (Wildman–Crippen MR) is 67.0 cm³/mol. The SMILES string of the molecule is CNC(COC)Cc1nc(C(C)(C)C)ns1. The number of hydrogen-bond donors (Lipinski definition) is 1. The van der Waals surface area contributed by atoms with Crippen LogP contribution in [0.15, 0.2) is 0 Å². The summed E-state index contributed by atoms with van der Waals surface area (Å²) in [7, 11) is 3.65. The fourth-order valence-electron chi connectivity index (χ4n) is 1.30. The van der Waals surface area contributed by atoms with Crippen LogP contribution in [0.3, 0.4) is 0 Å². The third kappa shape index (κ3) is 3.81. The van der Waals surface area contributed by atoms with Gasteiger partial charge < -0.3 is 10.1 Å². The minimum absolute atomic E-state index is 0.0329. The van der Waals surface area contributed by atoms with Crippen LogP contribution in [-0.2, 0) is 16.6 Å². The number of methoxy groups -OCH3 is 1. The molecule has 0 radical (unpaired) electrons. The Kier molecular flexibility index (Phi) is 4.83. The summed E-state index contributed by atoms with van der Waals surface area (Å²) in [5, 5.41) is 4.28. The maximum absolute atomic E-state index is 5.14. The van der Waals surface area contributed by atoms with E-state index in [1.165, 1.54) is 11.5 Å². The Labute approximate surface area is 102 Å². The summed E-state index contributed by atoms with van der Waals surface area (Å²) in [6, 6.07) is 0.311. The van der Waals surface area contributed by atoms with E-state index in [2.05, 4.69) is 35.4 Å². The molecule has 0 saturated heterocycles. The third-order valence-corrected chi connectivity index (χ3v) is 3.07. The molecule has 0 aliphatic heterocycles. The molecule has 1 N–H and O–H groups in total. The number of likely N-dealkylation sites (N-methyl/N-ethyl adjacent to an activating group) is 1. The van der Waals surface area contributed by atoms with Gasteiger partial charge in [0.25, 0.3) is 0 Å². The molecule has 0 aliphatic carbocycles. The maximum Gasteiger partial charge on any atom is 0.147 e. The summed E-state index contributed by atoms with van der Waals surface area (Å²) in [5.74, 6) is 0.930. The number of aromatic nitrogens is 2. The van der Waals surface area contributed by atoms with Crippen molar-refractivity contribution >= 4 is 11.5 Å². The first-order valence-electron chi connectivity index (χ1n) is 5.46. The van der Waals surface area contributed by atoms with E-state index in [1.807, 2.05) is 7.05 Å². The molecule has 16 heavy (non-hydrogen) atoms. The smallest absolute Gasteiger partial charge is 0.147 e. The van der Waals surface area contributed by atoms with Gasteiger partial charge in [0.05, 0.1) is 6.61 Å². The van der Waals surface area contributed by atoms with Crippen LogP contribution in [0.2, 0.25) is 0 Å². The third-order valence-electron chi connectivity index (χ3n) is 2.34. The van der Waals surface area contributed by atoms with Crippen molar-refractivity contribution in [3.8, 4) is 0 Å². The molecule has 1 rings (SSSR count). The van der Waals surface area contributed by atoms with E-state index in [1.54, 1.807) is 7.11 Å². The van der Waals surface area contributed by atoms with Crippen LogP contribution in [0.1, 0.15) is 31.6 Å². The van der Waals surface area contributed by atoms with Crippen molar-refractivity contribution in [2.24, 2.45) is 0 Å². The lowest BCUT2D eigenvalue weighted by molar-refractivity contribution is 0.169. The molecule has 1 atom stereocenters. The van der Waals surface area contributed by atoms with Crippen molar-refractivity contribution < 1.29 is 4.74 Å². The molecule has 1 unspecified atom stereocenters. The van der Waals surface area contributed by atoms with Crippen molar-refractivity contribution in [2.75, 3.05) is 20.8 Å². The largest absolute Gasteiger partial charge is 0.383 e. The van der Waals surface area contributed by atoms with Crippen LogP contribution >= 0.6 is 11.5 Å². The normalized spacial score (nSPS) is 14.1. The standard InChI is InChI=1S/C11H21N3OS/c1-11(2,3)10-13-9(16-14-10)6-8(12-4)7-15-5/h8,12H,6-7H2,1-5H3. The van der Waals surface area contributed by atoms with Gasteiger partial charge in [0.15, 0.2) is 0 Å². The topological polar surface area (TPSA) is 47.0 Å². The van der Waals surface area contributed by atoms with Crippen LogP contribution in [-0.4, -0.2) is 36.2 Å². The first-order chi connectivity index (χ1) is 7.47. The second-order valence-electron chi connectivity index (χ2n) is 4.91. The molecular weight excluding hydrogens is 222 g/mol. The zero-order valence-electron chi connectivity index (χ0n) is 10.7. The molecule has 0 saturated carbocycles. The number of nitrogens with one attached hydrogen (secondary N) is 1. The number of ether oxygens (including phenoxy) is 1. The lowest BCUT2D eigenvalue weighted by Gasteiger charge is -2.14. The minimum atomic E-state index is 0.0329. The summed E-state index contributed by atoms with van der Waals surface area (Å²) >= 11 is 1.49. The Balaban J connectivity index is 2.64. The molecule has 1 aromatic rings. The van der Waals surface area contributed by atoms with Gasteiger partial charge in [0.2, 0.25) is 0 Å². The predicted octanol–water partition coefficient (Wildman–Crippen LogP) is 1.61. The fraction of sp³-hybridized carbons (Fsp3) is 0.818. The highest BCUT2D eigenvalue weighted by Gasteiger charge is 2.20. The molecule has 0 aliphatic rings. The quantitative estimate of drug-likeness (QED) is 0.853. The molecule has 1 heterocycles. The first-order valence-corrected chi connectivity index (χ1v) is 6.24. The number of rotatable bonds is 5. The van der Waals surface area contributed by atoms with Crippen molar-refractivity contribution in [2.45, 2.75) is 38.6 Å². The van der Waals surface area contributed by atoms with E-state index < -0.39 is 0 Å². The van der Waals surface area contributed by atoms with Crippen LogP contribution in [0.5, 0.6) is 0 Å². The van der Waals surface area contributed by atoms with E-state index in [9.17, 15) is 0 Å². The first kappa shape index (κ1) is 13.5. The summed E-state index contributed by atoms with van der Waals surface area (Å²) in [4.78, 5) is 4.56. The minimum Gasteiger partial charge on any atom is -0.383 e. The van der Waals surface area contributed by atoms with Gasteiger partial charge in [-0.3, -0.25) is 0 Å². The van der Waals surface area contributed by atoms with E-state index in [0.717, 1.165) is 17.3 Å². The Morgan fingerprint density at radius 3 is 2.56 bits per heavy atom. The van der Waals surface area contributed by atoms with Crippen molar-refractivity contribution in [3.63, 3.8) is 0 Å². The average molecular weight is 243 g/mol. The molecule has 0 fully saturated rings. The van der Waals surface area contributed by atoms with E-state index in [-0.39, 0.29) is 5.41 Å². The lowest BCUT2D eigenvalue weighted by Crippen LogP contribution is -2.32. The fourth-order valence-corrected chi connectivity index (χ4v) is 2.21. The highest BCUT2D eigenvalue weighted by molar-refractivity contribution is 7.05. The zero-order valence-corrected chi connectivity index (χ0v) is 11.5. The summed E-state index contributed by atoms with van der Waals surface area (Å²) in [5.41, 5.74) is 0.0329. The molecule has 4 nitrogen and oxygen atoms in total. The number of hydrogen-bond acceptors (Lipinski definition) is 5. The van der Waals surface area contributed by atoms with Gasteiger partial charge in [-0.05, 0) is 18.6 Å². The monoisotopic (exact) mass is 243 g/mol. The van der Waals surface area contributed by atoms with Crippen LogP contribution in [0.4, 0.5) is 0 Å². The van der Waals surface area contributed by atoms with Gasteiger partial charge in [-0.15, -0.1) is 0 Å². The Morgan fingerprint density at radius 1 is 1.44 bits per heavy atom. The van der Waals surface area contributed by atoms with Crippen molar-refractivity contribution in [3.05, 3.63) is 10.8 Å². The molecule has 5 heteroatoms. The highest BCUT2D eigenvalue weighted by atomic mass is 32.1. The Hall–Kier alpha value is -0.520. The van der Waals surface area contributed by atoms with Gasteiger partial charge >= 0.3 is 0 Å². The van der Waals surface area contributed by atoms with Crippen LogP contribution in [0.25, 0.3) is 0 Å². The van der Waals surface area contributed by atoms with Gasteiger partial charge in [0.1, 0.15) is 10.8 Å². The van der Waals surface area contributed by atoms with Gasteiger partial charge in [-0.2, -0.15) is 4.37 Å². The summed E-state index contributed by atoms with van der Waals surface area (Å²) in [6.45, 7) is 7.08. The molecule has 0 spiro atoms. The second-order valence-corrected chi connectivity index (χ2v) is 5.74. The van der Waals surface area contributed by atoms with E-state index in [4.69, 9.17) is 4.74 Å². The molecule has 0 bridgehead atoms. The van der Waals surface area contributed by atoms with Gasteiger partial charge in [-0.25, -0.2) is 4.98 Å². The number of nitrogens with zero attached hydrogens (tertiary/aromatic N) is 2. The maximum atomic E-state index is 5.14. The van der Waals surface area contributed by atoms with Crippen LogP contribution < -0.4 is 5.32 Å². The molecule has 0 aromatic carbocycles. The van der Waals surface area contributed by atoms with Crippen molar-refractivity contribution in [1.82, 2.24) is 14.7 Å². The average Bonchev–Trinajstić information content (AvgIpc) is 2.65. The Bertz CT molecular complexity index is 319. The summed E-state index contributed by atoms with van der Waals surface area (Å²) in [6.07, 6.45) is 0.873. The van der Waals surface area contributed by atoms with Crippen molar-refractivity contribution in [1.29, 1.82) is 0 Å². The lowest BCUT2D eigenvalue weighted by atomic mass is 9.96. The zero-order chi connectivity index (χ0) is 12.2. The molecule has 92 valence electrons. The second kappa shape index (κ2) is 5.70. The highest BCUT2D eigenvalue weighted by Crippen LogP contribution is 2.21. The van der Waals surface area contributed by atoms with E-state index >= 15 is 0 Å². The summed E-state index contributed by atoms with van der Waals surface area (Å²) < 4.78 is 9.53.